The standard InChI is InChI=1S/C14H11NOS2/c1-17-9-6-7-12(16)10(8-9)14-15-11-4-2-3-5-13(11)18-14/h2-8,16H,1H3. The van der Waals surface area contributed by atoms with Crippen molar-refractivity contribution in [3.63, 3.8) is 0 Å². The van der Waals surface area contributed by atoms with Gasteiger partial charge in [0.05, 0.1) is 15.8 Å². The second-order valence-electron chi connectivity index (χ2n) is 3.87. The minimum Gasteiger partial charge on any atom is -0.507 e. The number of rotatable bonds is 2. The number of hydrogen-bond acceptors (Lipinski definition) is 4. The quantitative estimate of drug-likeness (QED) is 0.703. The lowest BCUT2D eigenvalue weighted by Gasteiger charge is -2.03. The van der Waals surface area contributed by atoms with Gasteiger partial charge in [-0.05, 0) is 36.6 Å². The van der Waals surface area contributed by atoms with Gasteiger partial charge in [0.25, 0.3) is 0 Å². The van der Waals surface area contributed by atoms with Crippen LogP contribution in [-0.4, -0.2) is 16.3 Å². The van der Waals surface area contributed by atoms with Crippen LogP contribution in [0, 0.1) is 0 Å². The molecule has 0 aliphatic rings. The van der Waals surface area contributed by atoms with Crippen LogP contribution >= 0.6 is 23.1 Å². The van der Waals surface area contributed by atoms with Crippen LogP contribution in [0.15, 0.2) is 47.4 Å². The molecule has 18 heavy (non-hydrogen) atoms. The average molecular weight is 273 g/mol. The first-order valence-corrected chi connectivity index (χ1v) is 7.55. The number of nitrogens with zero attached hydrogens (tertiary/aromatic N) is 1. The van der Waals surface area contributed by atoms with Gasteiger partial charge in [0.1, 0.15) is 10.8 Å². The molecule has 2 nitrogen and oxygen atoms in total. The van der Waals surface area contributed by atoms with Crippen LogP contribution in [-0.2, 0) is 0 Å². The van der Waals surface area contributed by atoms with Crippen LogP contribution in [0.5, 0.6) is 5.75 Å². The van der Waals surface area contributed by atoms with Crippen molar-refractivity contribution in [2.75, 3.05) is 6.26 Å². The zero-order valence-electron chi connectivity index (χ0n) is 9.75. The summed E-state index contributed by atoms with van der Waals surface area (Å²) in [6.45, 7) is 0. The highest BCUT2D eigenvalue weighted by Gasteiger charge is 2.10. The Hall–Kier alpha value is -1.52. The number of thiazole rings is 1. The van der Waals surface area contributed by atoms with E-state index in [2.05, 4.69) is 4.98 Å². The van der Waals surface area contributed by atoms with Crippen LogP contribution in [0.4, 0.5) is 0 Å². The summed E-state index contributed by atoms with van der Waals surface area (Å²) in [7, 11) is 0. The molecule has 4 heteroatoms. The first-order chi connectivity index (χ1) is 8.78. The molecule has 0 unspecified atom stereocenters. The molecule has 0 amide bonds. The van der Waals surface area contributed by atoms with E-state index in [1.165, 1.54) is 0 Å². The Kier molecular flexibility index (Phi) is 2.97. The molecule has 0 aliphatic heterocycles. The van der Waals surface area contributed by atoms with E-state index >= 15 is 0 Å². The molecule has 0 saturated heterocycles. The third kappa shape index (κ3) is 1.98. The van der Waals surface area contributed by atoms with Crippen LogP contribution < -0.4 is 0 Å². The summed E-state index contributed by atoms with van der Waals surface area (Å²) in [5.41, 5.74) is 1.79. The Balaban J connectivity index is 2.19. The summed E-state index contributed by atoms with van der Waals surface area (Å²) in [4.78, 5) is 5.70. The Labute approximate surface area is 113 Å². The van der Waals surface area contributed by atoms with Crippen molar-refractivity contribution in [3.8, 4) is 16.3 Å². The van der Waals surface area contributed by atoms with Gasteiger partial charge in [-0.15, -0.1) is 23.1 Å². The SMILES string of the molecule is CSc1ccc(O)c(-c2nc3ccccc3s2)c1. The summed E-state index contributed by atoms with van der Waals surface area (Å²) in [5.74, 6) is 0.284. The van der Waals surface area contributed by atoms with Crippen molar-refractivity contribution in [1.82, 2.24) is 4.98 Å². The number of para-hydroxylation sites is 1. The fourth-order valence-electron chi connectivity index (χ4n) is 1.80. The van der Waals surface area contributed by atoms with Crippen molar-refractivity contribution in [1.29, 1.82) is 0 Å². The Morgan fingerprint density at radius 2 is 2.00 bits per heavy atom. The number of phenolic OH excluding ortho intramolecular Hbond substituents is 1. The van der Waals surface area contributed by atoms with Crippen LogP contribution in [0.1, 0.15) is 0 Å². The van der Waals surface area contributed by atoms with Crippen LogP contribution in [0.3, 0.4) is 0 Å². The summed E-state index contributed by atoms with van der Waals surface area (Å²) >= 11 is 3.26. The zero-order chi connectivity index (χ0) is 12.5. The smallest absolute Gasteiger partial charge is 0.128 e. The highest BCUT2D eigenvalue weighted by atomic mass is 32.2. The van der Waals surface area contributed by atoms with Crippen LogP contribution in [0.25, 0.3) is 20.8 Å². The van der Waals surface area contributed by atoms with Crippen molar-refractivity contribution >= 4 is 33.3 Å². The van der Waals surface area contributed by atoms with E-state index in [1.807, 2.05) is 42.7 Å². The molecule has 0 radical (unpaired) electrons. The number of fused-ring (bicyclic) bond motifs is 1. The number of hydrogen-bond donors (Lipinski definition) is 1. The molecule has 0 saturated carbocycles. The summed E-state index contributed by atoms with van der Waals surface area (Å²) < 4.78 is 1.14. The summed E-state index contributed by atoms with van der Waals surface area (Å²) in [5, 5.41) is 10.8. The highest BCUT2D eigenvalue weighted by molar-refractivity contribution is 7.98. The Morgan fingerprint density at radius 3 is 2.78 bits per heavy atom. The van der Waals surface area contributed by atoms with E-state index in [9.17, 15) is 5.11 Å². The molecule has 0 spiro atoms. The molecule has 3 aromatic rings. The number of aromatic hydroxyl groups is 1. The average Bonchev–Trinajstić information content (AvgIpc) is 2.82. The maximum absolute atomic E-state index is 9.97. The molecule has 1 heterocycles. The van der Waals surface area contributed by atoms with Gasteiger partial charge in [-0.25, -0.2) is 4.98 Å². The van der Waals surface area contributed by atoms with Crippen molar-refractivity contribution in [2.45, 2.75) is 4.90 Å². The number of benzene rings is 2. The zero-order valence-corrected chi connectivity index (χ0v) is 11.4. The van der Waals surface area contributed by atoms with E-state index in [-0.39, 0.29) is 5.75 Å². The topological polar surface area (TPSA) is 33.1 Å². The van der Waals surface area contributed by atoms with Crippen LogP contribution in [0.2, 0.25) is 0 Å². The molecule has 1 N–H and O–H groups in total. The molecule has 90 valence electrons. The van der Waals surface area contributed by atoms with Crippen molar-refractivity contribution < 1.29 is 5.11 Å². The second-order valence-corrected chi connectivity index (χ2v) is 5.78. The molecule has 3 rings (SSSR count). The maximum atomic E-state index is 9.97. The van der Waals surface area contributed by atoms with Gasteiger partial charge in [0.2, 0.25) is 0 Å². The van der Waals surface area contributed by atoms with Crippen molar-refractivity contribution in [3.05, 3.63) is 42.5 Å². The molecule has 0 fully saturated rings. The van der Waals surface area contributed by atoms with Gasteiger partial charge in [0, 0.05) is 4.90 Å². The predicted octanol–water partition coefficient (Wildman–Crippen LogP) is 4.39. The fourth-order valence-corrected chi connectivity index (χ4v) is 3.23. The molecule has 0 bridgehead atoms. The van der Waals surface area contributed by atoms with E-state index in [4.69, 9.17) is 0 Å². The first-order valence-electron chi connectivity index (χ1n) is 5.51. The molecular weight excluding hydrogens is 262 g/mol. The Morgan fingerprint density at radius 1 is 1.17 bits per heavy atom. The molecule has 0 aliphatic carbocycles. The van der Waals surface area contributed by atoms with E-state index in [0.717, 1.165) is 25.7 Å². The second kappa shape index (κ2) is 4.63. The van der Waals surface area contributed by atoms with Crippen molar-refractivity contribution in [2.24, 2.45) is 0 Å². The maximum Gasteiger partial charge on any atom is 0.128 e. The predicted molar refractivity (Wildman–Crippen MR) is 78.5 cm³/mol. The lowest BCUT2D eigenvalue weighted by atomic mass is 10.2. The van der Waals surface area contributed by atoms with E-state index in [1.54, 1.807) is 29.2 Å². The number of thioether (sulfide) groups is 1. The lowest BCUT2D eigenvalue weighted by molar-refractivity contribution is 0.477. The minimum absolute atomic E-state index is 0.284. The summed E-state index contributed by atoms with van der Waals surface area (Å²) in [6, 6.07) is 13.6. The largest absolute Gasteiger partial charge is 0.507 e. The van der Waals surface area contributed by atoms with Gasteiger partial charge in [-0.2, -0.15) is 0 Å². The Bertz CT molecular complexity index is 673. The molecule has 1 aromatic heterocycles. The third-order valence-corrected chi connectivity index (χ3v) is 4.52. The molecule has 2 aromatic carbocycles. The van der Waals surface area contributed by atoms with Gasteiger partial charge >= 0.3 is 0 Å². The minimum atomic E-state index is 0.284. The van der Waals surface area contributed by atoms with Gasteiger partial charge in [-0.3, -0.25) is 0 Å². The monoisotopic (exact) mass is 273 g/mol. The van der Waals surface area contributed by atoms with Gasteiger partial charge in [0.15, 0.2) is 0 Å². The fraction of sp³-hybridized carbons (Fsp3) is 0.0714. The normalized spacial score (nSPS) is 10.9. The molecule has 0 atom stereocenters. The van der Waals surface area contributed by atoms with Gasteiger partial charge < -0.3 is 5.11 Å². The lowest BCUT2D eigenvalue weighted by Crippen LogP contribution is -1.79. The van der Waals surface area contributed by atoms with E-state index < -0.39 is 0 Å². The number of phenols is 1. The van der Waals surface area contributed by atoms with E-state index in [0.29, 0.717) is 0 Å². The third-order valence-electron chi connectivity index (χ3n) is 2.73. The number of aromatic nitrogens is 1. The molecular formula is C14H11NOS2. The van der Waals surface area contributed by atoms with Gasteiger partial charge in [-0.1, -0.05) is 12.1 Å². The highest BCUT2D eigenvalue weighted by Crippen LogP contribution is 2.37. The summed E-state index contributed by atoms with van der Waals surface area (Å²) in [6.07, 6.45) is 2.02. The first kappa shape index (κ1) is 11.6.